The molecule has 10 amide bonds. The highest BCUT2D eigenvalue weighted by Crippen LogP contribution is 2.34. The van der Waals surface area contributed by atoms with Crippen LogP contribution in [0.15, 0.2) is 30.3 Å². The van der Waals surface area contributed by atoms with Crippen molar-refractivity contribution in [3.63, 3.8) is 0 Å². The number of hydrogen-bond donors (Lipinski definition) is 5. The minimum absolute atomic E-state index is 0.0105. The van der Waals surface area contributed by atoms with E-state index in [0.717, 1.165) is 50.5 Å². The van der Waals surface area contributed by atoms with Gasteiger partial charge in [0, 0.05) is 77.2 Å². The number of carbonyl (C=O) groups is 15. The molecule has 0 unspecified atom stereocenters. The number of likely N-dealkylation sites (tertiary alicyclic amines) is 5. The molecule has 1 aromatic carbocycles. The lowest BCUT2D eigenvalue weighted by Gasteiger charge is -2.36. The molecule has 5 aliphatic heterocycles. The third kappa shape index (κ3) is 33.4. The molecule has 118 heavy (non-hydrogen) atoms. The quantitative estimate of drug-likeness (QED) is 0.0338. The molecule has 5 saturated heterocycles. The summed E-state index contributed by atoms with van der Waals surface area (Å²) in [5.41, 5.74) is -0.0831. The molecule has 1 aromatic rings. The van der Waals surface area contributed by atoms with Crippen molar-refractivity contribution >= 4 is 88.9 Å². The van der Waals surface area contributed by atoms with Gasteiger partial charge in [-0.1, -0.05) is 70.9 Å². The third-order valence-corrected chi connectivity index (χ3v) is 22.1. The minimum atomic E-state index is -0.840. The molecule has 13 atom stereocenters. The molecular formula is C86H144N10O22. The maximum atomic E-state index is 13.1. The number of hydrogen-bond acceptors (Lipinski definition) is 22. The Balaban J connectivity index is 0.000000500. The lowest BCUT2D eigenvalue weighted by atomic mass is 9.86. The number of ether oxygens (including phenoxy) is 7. The van der Waals surface area contributed by atoms with Gasteiger partial charge in [0.05, 0.1) is 109 Å². The Morgan fingerprint density at radius 1 is 0.356 bits per heavy atom. The van der Waals surface area contributed by atoms with Gasteiger partial charge in [-0.2, -0.15) is 0 Å². The molecule has 0 aliphatic carbocycles. The van der Waals surface area contributed by atoms with E-state index in [1.807, 2.05) is 127 Å². The van der Waals surface area contributed by atoms with Gasteiger partial charge in [-0.25, -0.2) is 0 Å². The first-order chi connectivity index (χ1) is 55.5. The Morgan fingerprint density at radius 3 is 0.873 bits per heavy atom. The average molecular weight is 1670 g/mol. The molecule has 0 aromatic heterocycles. The van der Waals surface area contributed by atoms with Crippen LogP contribution in [-0.2, 0) is 105 Å². The van der Waals surface area contributed by atoms with Crippen LogP contribution in [0.3, 0.4) is 0 Å². The van der Waals surface area contributed by atoms with E-state index in [1.54, 1.807) is 45.3 Å². The topological polar surface area (TPSA) is 397 Å². The summed E-state index contributed by atoms with van der Waals surface area (Å²) in [6, 6.07) is 7.02. The maximum absolute atomic E-state index is 13.1. The van der Waals surface area contributed by atoms with Crippen molar-refractivity contribution in [1.29, 1.82) is 0 Å². The van der Waals surface area contributed by atoms with E-state index in [9.17, 15) is 71.9 Å². The summed E-state index contributed by atoms with van der Waals surface area (Å²) in [5.74, 6) is -6.39. The molecule has 0 radical (unpaired) electrons. The first-order valence-corrected chi connectivity index (χ1v) is 42.0. The number of rotatable bonds is 34. The molecule has 32 heteroatoms. The summed E-state index contributed by atoms with van der Waals surface area (Å²) < 4.78 is 34.3. The number of nitrogens with one attached hydrogen (secondary N) is 5. The average Bonchev–Trinajstić information content (AvgIpc) is 1.48. The highest BCUT2D eigenvalue weighted by Gasteiger charge is 2.47. The zero-order valence-corrected chi connectivity index (χ0v) is 75.1. The van der Waals surface area contributed by atoms with Crippen molar-refractivity contribution in [3.8, 4) is 0 Å². The van der Waals surface area contributed by atoms with Gasteiger partial charge in [-0.15, -0.1) is 0 Å². The first kappa shape index (κ1) is 105. The van der Waals surface area contributed by atoms with Gasteiger partial charge in [0.2, 0.25) is 59.1 Å². The van der Waals surface area contributed by atoms with Crippen LogP contribution in [0.4, 0.5) is 0 Å². The normalized spacial score (nSPS) is 19.6. The SMILES string of the molecule is CC[C@@H](C)[C@H](CC(=O)OC)C(=O)N1CCC[C@H]1C(=O)NC(C)C.CC[C@H](C)[C@H](CC(=O)OC)C(=O)N1CCC[C@H]1C(=O)NC(C)C.COC(=O)C[C@H](C(=O)N1CCC[C@H]1C(=O)NC(C)C)C(C)(C)OC.COC(=O)C[C@H](C(=O)N1CCC[C@H]1C(=O)NC(C)C)[C@H](C)OC.COC(=O)C[C@H](C(=O)N1CCC[C@H]1C(=O)NC(C)C)c1ccccc1. The van der Waals surface area contributed by atoms with Crippen LogP contribution in [0.25, 0.3) is 0 Å². The Labute approximate surface area is 700 Å². The van der Waals surface area contributed by atoms with Gasteiger partial charge in [0.15, 0.2) is 0 Å². The van der Waals surface area contributed by atoms with Crippen molar-refractivity contribution in [2.45, 2.75) is 305 Å². The zero-order valence-electron chi connectivity index (χ0n) is 75.1. The minimum Gasteiger partial charge on any atom is -0.469 e. The monoisotopic (exact) mass is 1670 g/mol. The zero-order chi connectivity index (χ0) is 89.6. The number of benzene rings is 1. The second kappa shape index (κ2) is 53.0. The maximum Gasteiger partial charge on any atom is 0.306 e. The molecule has 32 nitrogen and oxygen atoms in total. The summed E-state index contributed by atoms with van der Waals surface area (Å²) in [4.78, 5) is 193. The van der Waals surface area contributed by atoms with Gasteiger partial charge in [-0.05, 0) is 172 Å². The van der Waals surface area contributed by atoms with Gasteiger partial charge in [-0.3, -0.25) is 71.9 Å². The van der Waals surface area contributed by atoms with E-state index in [4.69, 9.17) is 28.4 Å². The fourth-order valence-electron chi connectivity index (χ4n) is 14.8. The third-order valence-electron chi connectivity index (χ3n) is 22.1. The fourth-order valence-corrected chi connectivity index (χ4v) is 14.8. The fraction of sp³-hybridized carbons (Fsp3) is 0.756. The Hall–Kier alpha value is -8.81. The van der Waals surface area contributed by atoms with E-state index in [2.05, 4.69) is 31.3 Å². The second-order valence-electron chi connectivity index (χ2n) is 33.0. The van der Waals surface area contributed by atoms with Crippen LogP contribution < -0.4 is 26.6 Å². The van der Waals surface area contributed by atoms with Gasteiger partial charge >= 0.3 is 29.8 Å². The van der Waals surface area contributed by atoms with E-state index in [1.165, 1.54) is 49.8 Å². The lowest BCUT2D eigenvalue weighted by molar-refractivity contribution is -0.157. The molecule has 5 fully saturated rings. The number of esters is 5. The van der Waals surface area contributed by atoms with Gasteiger partial charge in [0.1, 0.15) is 30.2 Å². The molecule has 6 rings (SSSR count). The molecular weight excluding hydrogens is 1520 g/mol. The molecule has 5 N–H and O–H groups in total. The molecule has 670 valence electrons. The van der Waals surface area contributed by atoms with Crippen molar-refractivity contribution in [2.75, 3.05) is 82.5 Å². The Morgan fingerprint density at radius 2 is 0.610 bits per heavy atom. The van der Waals surface area contributed by atoms with Crippen LogP contribution in [-0.4, -0.2) is 268 Å². The highest BCUT2D eigenvalue weighted by molar-refractivity contribution is 5.96. The van der Waals surface area contributed by atoms with Crippen LogP contribution in [0.2, 0.25) is 0 Å². The van der Waals surface area contributed by atoms with Crippen molar-refractivity contribution in [2.24, 2.45) is 35.5 Å². The van der Waals surface area contributed by atoms with Crippen molar-refractivity contribution < 1.29 is 105 Å². The second-order valence-corrected chi connectivity index (χ2v) is 33.0. The van der Waals surface area contributed by atoms with E-state index >= 15 is 0 Å². The largest absolute Gasteiger partial charge is 0.469 e. The molecule has 0 spiro atoms. The first-order valence-electron chi connectivity index (χ1n) is 42.0. The summed E-state index contributed by atoms with van der Waals surface area (Å²) in [7, 11) is 9.54. The summed E-state index contributed by atoms with van der Waals surface area (Å²) in [5, 5.41) is 14.3. The molecule has 5 aliphatic rings. The predicted molar refractivity (Wildman–Crippen MR) is 443 cm³/mol. The van der Waals surface area contributed by atoms with Crippen LogP contribution in [0.1, 0.15) is 238 Å². The van der Waals surface area contributed by atoms with E-state index in [0.29, 0.717) is 64.8 Å². The smallest absolute Gasteiger partial charge is 0.306 e. The van der Waals surface area contributed by atoms with Gasteiger partial charge < -0.3 is 84.2 Å². The number of amides is 10. The standard InChI is InChI=1S/C19H26N2O4.C17H30N2O5.2C17H30N2O4.C16H28N2O5/c1-13(2)20-18(23)16-10-7-11-21(16)19(24)15(12-17(22)25-3)14-8-5-4-6-9-14;1-11(2)18-15(21)13-8-7-9-19(13)16(22)12(10-14(20)23-5)17(3,4)24-6;2*1-6-12(4)13(10-15(20)23-5)17(22)19-9-7-8-14(19)16(21)18-11(2)3;1-10(2)17-15(20)13-7-6-8-18(13)16(21)12(11(3)22-4)9-14(19)23-5/h4-6,8-9,13,15-16H,7,10-12H2,1-3H3,(H,20,23);11-13H,7-10H2,1-6H3,(H,18,21);2*11-14H,6-10H2,1-5H3,(H,18,21);10-13H,6-9H2,1-5H3,(H,17,20)/t15-,16-;12-,13+;12-,13+,14+;12-,13-,14-;11-,12-,13-/m01100/s1. The Kier molecular flexibility index (Phi) is 47.3. The number of carbonyl (C=O) groups excluding carboxylic acids is 15. The van der Waals surface area contributed by atoms with E-state index < -0.39 is 89.4 Å². The molecule has 0 saturated carbocycles. The predicted octanol–water partition coefficient (Wildman–Crippen LogP) is 7.13. The molecule has 5 heterocycles. The summed E-state index contributed by atoms with van der Waals surface area (Å²) >= 11 is 0. The number of nitrogens with zero attached hydrogens (tertiary/aromatic N) is 5. The van der Waals surface area contributed by atoms with Crippen LogP contribution in [0, 0.1) is 35.5 Å². The summed E-state index contributed by atoms with van der Waals surface area (Å²) in [6.07, 6.45) is 8.33. The summed E-state index contributed by atoms with van der Waals surface area (Å²) in [6.45, 7) is 34.8. The number of methoxy groups -OCH3 is 7. The van der Waals surface area contributed by atoms with Crippen molar-refractivity contribution in [1.82, 2.24) is 51.1 Å². The van der Waals surface area contributed by atoms with Crippen molar-refractivity contribution in [3.05, 3.63) is 35.9 Å². The lowest BCUT2D eigenvalue weighted by Crippen LogP contribution is -2.53. The van der Waals surface area contributed by atoms with Crippen LogP contribution in [0.5, 0.6) is 0 Å². The molecule has 0 bridgehead atoms. The van der Waals surface area contributed by atoms with E-state index in [-0.39, 0.29) is 145 Å². The highest BCUT2D eigenvalue weighted by atomic mass is 16.5. The van der Waals surface area contributed by atoms with Gasteiger partial charge in [0.25, 0.3) is 0 Å². The van der Waals surface area contributed by atoms with Crippen LogP contribution >= 0.6 is 0 Å². The Bertz CT molecular complexity index is 3220.